The van der Waals surface area contributed by atoms with Crippen LogP contribution in [0.5, 0.6) is 0 Å². The number of benzene rings is 1. The largest absolute Gasteiger partial charge is 0.416 e. The van der Waals surface area contributed by atoms with Gasteiger partial charge in [0.05, 0.1) is 9.77 Å². The van der Waals surface area contributed by atoms with E-state index in [4.69, 9.17) is 0 Å². The highest BCUT2D eigenvalue weighted by Crippen LogP contribution is 2.32. The Morgan fingerprint density at radius 2 is 1.88 bits per heavy atom. The molecule has 1 nitrogen and oxygen atoms in total. The van der Waals surface area contributed by atoms with Gasteiger partial charge in [-0.2, -0.15) is 13.2 Å². The molecule has 0 aliphatic heterocycles. The molecule has 0 spiro atoms. The Morgan fingerprint density at radius 3 is 2.50 bits per heavy atom. The van der Waals surface area contributed by atoms with Gasteiger partial charge >= 0.3 is 6.18 Å². The highest BCUT2D eigenvalue weighted by Gasteiger charge is 2.30. The van der Waals surface area contributed by atoms with Crippen molar-refractivity contribution >= 4 is 34.1 Å². The molecule has 0 saturated heterocycles. The standard InChI is InChI=1S/C10H5F3OS2/c11-10(12,13)5-1-2-6-7(14)4-9(15)16-8(6)3-5/h1-4,15H. The van der Waals surface area contributed by atoms with Gasteiger partial charge in [0.25, 0.3) is 0 Å². The lowest BCUT2D eigenvalue weighted by molar-refractivity contribution is -0.137. The van der Waals surface area contributed by atoms with Crippen LogP contribution in [0.15, 0.2) is 33.3 Å². The zero-order chi connectivity index (χ0) is 11.9. The van der Waals surface area contributed by atoms with E-state index in [-0.39, 0.29) is 10.8 Å². The minimum Gasteiger partial charge on any atom is -0.289 e. The highest BCUT2D eigenvalue weighted by atomic mass is 32.2. The van der Waals surface area contributed by atoms with Crippen LogP contribution in [0.25, 0.3) is 10.1 Å². The molecule has 2 rings (SSSR count). The lowest BCUT2D eigenvalue weighted by Gasteiger charge is -2.07. The van der Waals surface area contributed by atoms with Crippen LogP contribution in [-0.4, -0.2) is 0 Å². The fraction of sp³-hybridized carbons (Fsp3) is 0.100. The van der Waals surface area contributed by atoms with Crippen molar-refractivity contribution in [3.8, 4) is 0 Å². The van der Waals surface area contributed by atoms with Gasteiger partial charge in [-0.1, -0.05) is 0 Å². The zero-order valence-electron chi connectivity index (χ0n) is 7.71. The van der Waals surface area contributed by atoms with Crippen LogP contribution in [0.2, 0.25) is 0 Å². The van der Waals surface area contributed by atoms with Gasteiger partial charge in [-0.25, -0.2) is 0 Å². The van der Waals surface area contributed by atoms with Gasteiger partial charge in [-0.05, 0) is 18.2 Å². The summed E-state index contributed by atoms with van der Waals surface area (Å²) < 4.78 is 38.0. The zero-order valence-corrected chi connectivity index (χ0v) is 9.42. The summed E-state index contributed by atoms with van der Waals surface area (Å²) >= 11 is 5.02. The monoisotopic (exact) mass is 262 g/mol. The Kier molecular flexibility index (Phi) is 2.71. The minimum atomic E-state index is -4.39. The molecule has 0 radical (unpaired) electrons. The summed E-state index contributed by atoms with van der Waals surface area (Å²) in [5.74, 6) is 0. The summed E-state index contributed by atoms with van der Waals surface area (Å²) in [4.78, 5) is 11.4. The van der Waals surface area contributed by atoms with E-state index in [1.807, 2.05) is 0 Å². The third-order valence-corrected chi connectivity index (χ3v) is 3.33. The molecule has 2 aromatic rings. The molecule has 0 saturated carbocycles. The number of hydrogen-bond donors (Lipinski definition) is 1. The minimum absolute atomic E-state index is 0.288. The predicted molar refractivity (Wildman–Crippen MR) is 60.3 cm³/mol. The van der Waals surface area contributed by atoms with Crippen molar-refractivity contribution in [3.63, 3.8) is 0 Å². The second-order valence-corrected chi connectivity index (χ2v) is 5.03. The molecule has 0 aliphatic carbocycles. The normalized spacial score (nSPS) is 12.0. The van der Waals surface area contributed by atoms with Crippen molar-refractivity contribution in [2.45, 2.75) is 10.4 Å². The van der Waals surface area contributed by atoms with Gasteiger partial charge in [-0.3, -0.25) is 4.79 Å². The van der Waals surface area contributed by atoms with Crippen molar-refractivity contribution in [3.05, 3.63) is 40.1 Å². The van der Waals surface area contributed by atoms with Crippen molar-refractivity contribution in [2.24, 2.45) is 0 Å². The first-order valence-corrected chi connectivity index (χ1v) is 5.48. The van der Waals surface area contributed by atoms with Crippen LogP contribution in [0.3, 0.4) is 0 Å². The molecule has 0 bridgehead atoms. The van der Waals surface area contributed by atoms with E-state index in [0.717, 1.165) is 23.5 Å². The number of alkyl halides is 3. The van der Waals surface area contributed by atoms with Crippen LogP contribution in [-0.2, 0) is 6.18 Å². The lowest BCUT2D eigenvalue weighted by atomic mass is 10.1. The van der Waals surface area contributed by atoms with Crippen molar-refractivity contribution in [1.82, 2.24) is 0 Å². The maximum Gasteiger partial charge on any atom is 0.416 e. The van der Waals surface area contributed by atoms with E-state index in [0.29, 0.717) is 8.91 Å². The van der Waals surface area contributed by atoms with E-state index >= 15 is 0 Å². The van der Waals surface area contributed by atoms with Gasteiger partial charge in [0.1, 0.15) is 0 Å². The van der Waals surface area contributed by atoms with Crippen LogP contribution in [0.4, 0.5) is 13.2 Å². The first-order chi connectivity index (χ1) is 7.38. The van der Waals surface area contributed by atoms with Crippen LogP contribution in [0, 0.1) is 0 Å². The first-order valence-electron chi connectivity index (χ1n) is 4.22. The second kappa shape index (κ2) is 3.78. The molecule has 0 atom stereocenters. The van der Waals surface area contributed by atoms with E-state index < -0.39 is 11.7 Å². The number of fused-ring (bicyclic) bond motifs is 1. The number of thiol groups is 1. The number of halogens is 3. The number of hydrogen-bond acceptors (Lipinski definition) is 3. The van der Waals surface area contributed by atoms with Gasteiger partial charge in [0.15, 0.2) is 5.43 Å². The summed E-state index contributed by atoms with van der Waals surface area (Å²) in [6.45, 7) is 0. The van der Waals surface area contributed by atoms with Gasteiger partial charge in [0, 0.05) is 16.2 Å². The fourth-order valence-corrected chi connectivity index (χ4v) is 2.59. The summed E-state index contributed by atoms with van der Waals surface area (Å²) in [6, 6.07) is 4.38. The molecule has 0 unspecified atom stereocenters. The smallest absolute Gasteiger partial charge is 0.289 e. The van der Waals surface area contributed by atoms with E-state index in [1.54, 1.807) is 0 Å². The Labute approximate surface area is 97.9 Å². The van der Waals surface area contributed by atoms with Gasteiger partial charge in [-0.15, -0.1) is 24.0 Å². The number of rotatable bonds is 0. The first kappa shape index (κ1) is 11.5. The molecule has 1 aromatic carbocycles. The van der Waals surface area contributed by atoms with Crippen LogP contribution < -0.4 is 5.43 Å². The summed E-state index contributed by atoms with van der Waals surface area (Å²) in [6.07, 6.45) is -4.39. The Bertz CT molecular complexity index is 601. The molecular weight excluding hydrogens is 257 g/mol. The maximum atomic E-state index is 12.4. The molecule has 1 aromatic heterocycles. The highest BCUT2D eigenvalue weighted by molar-refractivity contribution is 7.83. The van der Waals surface area contributed by atoms with E-state index in [9.17, 15) is 18.0 Å². The SMILES string of the molecule is O=c1cc(S)sc2cc(C(F)(F)F)ccc12. The second-order valence-electron chi connectivity index (χ2n) is 3.16. The van der Waals surface area contributed by atoms with Crippen molar-refractivity contribution in [1.29, 1.82) is 0 Å². The molecule has 0 amide bonds. The summed E-state index contributed by atoms with van der Waals surface area (Å²) in [7, 11) is 0. The lowest BCUT2D eigenvalue weighted by Crippen LogP contribution is -2.05. The average molecular weight is 262 g/mol. The van der Waals surface area contributed by atoms with Crippen LogP contribution in [0.1, 0.15) is 5.56 Å². The van der Waals surface area contributed by atoms with E-state index in [2.05, 4.69) is 12.6 Å². The predicted octanol–water partition coefficient (Wildman–Crippen LogP) is 3.57. The van der Waals surface area contributed by atoms with Crippen molar-refractivity contribution in [2.75, 3.05) is 0 Å². The average Bonchev–Trinajstić information content (AvgIpc) is 2.15. The van der Waals surface area contributed by atoms with Gasteiger partial charge < -0.3 is 0 Å². The molecule has 0 aliphatic rings. The van der Waals surface area contributed by atoms with Crippen LogP contribution >= 0.6 is 24.0 Å². The third kappa shape index (κ3) is 2.08. The summed E-state index contributed by atoms with van der Waals surface area (Å²) in [5.41, 5.74) is -1.07. The molecule has 0 N–H and O–H groups in total. The topological polar surface area (TPSA) is 17.1 Å². The molecule has 16 heavy (non-hydrogen) atoms. The van der Waals surface area contributed by atoms with E-state index in [1.165, 1.54) is 12.1 Å². The quantitative estimate of drug-likeness (QED) is 0.718. The molecule has 1 heterocycles. The Hall–Kier alpha value is -1.01. The molecule has 84 valence electrons. The Balaban J connectivity index is 2.76. The molecule has 6 heteroatoms. The fourth-order valence-electron chi connectivity index (χ4n) is 1.32. The van der Waals surface area contributed by atoms with Gasteiger partial charge in [0.2, 0.25) is 0 Å². The third-order valence-electron chi connectivity index (χ3n) is 2.04. The molecular formula is C10H5F3OS2. The summed E-state index contributed by atoms with van der Waals surface area (Å²) in [5, 5.41) is 0.288. The van der Waals surface area contributed by atoms with Crippen molar-refractivity contribution < 1.29 is 13.2 Å². The Morgan fingerprint density at radius 1 is 1.19 bits per heavy atom. The molecule has 0 fully saturated rings. The maximum absolute atomic E-state index is 12.4.